The highest BCUT2D eigenvalue weighted by Crippen LogP contribution is 2.51. The molecule has 2 saturated heterocycles. The topological polar surface area (TPSA) is 54.0 Å². The predicted octanol–water partition coefficient (Wildman–Crippen LogP) is 2.74. The molecule has 0 radical (unpaired) electrons. The fourth-order valence-electron chi connectivity index (χ4n) is 4.57. The lowest BCUT2D eigenvalue weighted by molar-refractivity contribution is -0.203. The van der Waals surface area contributed by atoms with Crippen LogP contribution in [0.3, 0.4) is 0 Å². The highest BCUT2D eigenvalue weighted by molar-refractivity contribution is 6.70. The quantitative estimate of drug-likeness (QED) is 0.577. The molecule has 0 unspecified atom stereocenters. The van der Waals surface area contributed by atoms with Crippen LogP contribution >= 0.6 is 0 Å². The Balaban J connectivity index is 1.57. The minimum atomic E-state index is -1.84. The lowest BCUT2D eigenvalue weighted by atomic mass is 9.82. The van der Waals surface area contributed by atoms with Crippen molar-refractivity contribution in [3.8, 4) is 0 Å². The SMILES string of the molecule is C[Si](C)(C)O[C@@]12C[C@@H](OC1=O)[C@@H]1OC3(CCCCC3)O[C@@H]1C2. The van der Waals surface area contributed by atoms with E-state index in [1.807, 2.05) is 0 Å². The van der Waals surface area contributed by atoms with Crippen LogP contribution in [-0.2, 0) is 23.4 Å². The van der Waals surface area contributed by atoms with Crippen LogP contribution in [0.4, 0.5) is 0 Å². The fourth-order valence-corrected chi connectivity index (χ4v) is 6.00. The van der Waals surface area contributed by atoms with Gasteiger partial charge in [0.2, 0.25) is 0 Å². The molecule has 0 amide bonds. The third kappa shape index (κ3) is 2.35. The summed E-state index contributed by atoms with van der Waals surface area (Å²) in [6.45, 7) is 6.34. The van der Waals surface area contributed by atoms with E-state index in [2.05, 4.69) is 19.6 Å². The first kappa shape index (κ1) is 15.1. The molecule has 0 aromatic rings. The van der Waals surface area contributed by atoms with Crippen LogP contribution in [0.1, 0.15) is 44.9 Å². The Bertz CT molecular complexity index is 481. The number of hydrogen-bond acceptors (Lipinski definition) is 5. The van der Waals surface area contributed by atoms with Crippen LogP contribution in [0.25, 0.3) is 0 Å². The lowest BCUT2D eigenvalue weighted by Crippen LogP contribution is -2.52. The Labute approximate surface area is 132 Å². The highest BCUT2D eigenvalue weighted by Gasteiger charge is 2.65. The lowest BCUT2D eigenvalue weighted by Gasteiger charge is -2.37. The van der Waals surface area contributed by atoms with E-state index in [0.717, 1.165) is 25.7 Å². The van der Waals surface area contributed by atoms with Crippen molar-refractivity contribution in [1.82, 2.24) is 0 Å². The molecule has 4 atom stereocenters. The molecule has 2 aliphatic carbocycles. The van der Waals surface area contributed by atoms with Crippen molar-refractivity contribution in [3.05, 3.63) is 0 Å². The van der Waals surface area contributed by atoms with Crippen LogP contribution in [0.15, 0.2) is 0 Å². The molecule has 1 spiro atoms. The minimum absolute atomic E-state index is 0.0698. The number of fused-ring (bicyclic) bond motifs is 4. The molecule has 124 valence electrons. The number of hydrogen-bond donors (Lipinski definition) is 0. The summed E-state index contributed by atoms with van der Waals surface area (Å²) in [4.78, 5) is 12.4. The van der Waals surface area contributed by atoms with Crippen molar-refractivity contribution in [3.63, 3.8) is 0 Å². The molecule has 0 aromatic carbocycles. The van der Waals surface area contributed by atoms with Crippen LogP contribution in [0.2, 0.25) is 19.6 Å². The smallest absolute Gasteiger partial charge is 0.337 e. The summed E-state index contributed by atoms with van der Waals surface area (Å²) >= 11 is 0. The number of carbonyl (C=O) groups excluding carboxylic acids is 1. The molecule has 4 rings (SSSR count). The first-order chi connectivity index (χ1) is 10.3. The minimum Gasteiger partial charge on any atom is -0.457 e. The van der Waals surface area contributed by atoms with Gasteiger partial charge in [0.25, 0.3) is 0 Å². The Morgan fingerprint density at radius 3 is 2.41 bits per heavy atom. The van der Waals surface area contributed by atoms with Crippen molar-refractivity contribution in [2.75, 3.05) is 0 Å². The predicted molar refractivity (Wildman–Crippen MR) is 81.8 cm³/mol. The van der Waals surface area contributed by atoms with Crippen molar-refractivity contribution >= 4 is 14.3 Å². The van der Waals surface area contributed by atoms with E-state index in [1.165, 1.54) is 6.42 Å². The summed E-state index contributed by atoms with van der Waals surface area (Å²) in [6, 6.07) is 0. The second-order valence-electron chi connectivity index (χ2n) is 8.27. The van der Waals surface area contributed by atoms with Gasteiger partial charge in [0, 0.05) is 25.7 Å². The van der Waals surface area contributed by atoms with Gasteiger partial charge in [-0.1, -0.05) is 6.42 Å². The van der Waals surface area contributed by atoms with E-state index in [-0.39, 0.29) is 24.3 Å². The maximum absolute atomic E-state index is 12.4. The molecule has 2 aliphatic heterocycles. The summed E-state index contributed by atoms with van der Waals surface area (Å²) in [5, 5.41) is 0. The zero-order valence-corrected chi connectivity index (χ0v) is 14.7. The van der Waals surface area contributed by atoms with Crippen LogP contribution in [0.5, 0.6) is 0 Å². The van der Waals surface area contributed by atoms with Crippen LogP contribution in [-0.4, -0.2) is 44.0 Å². The second kappa shape index (κ2) is 4.78. The molecule has 22 heavy (non-hydrogen) atoms. The monoisotopic (exact) mass is 326 g/mol. The van der Waals surface area contributed by atoms with Gasteiger partial charge in [-0.25, -0.2) is 4.79 Å². The normalized spacial score (nSPS) is 43.2. The number of ether oxygens (including phenoxy) is 3. The van der Waals surface area contributed by atoms with Crippen molar-refractivity contribution in [1.29, 1.82) is 0 Å². The number of carbonyl (C=O) groups is 1. The van der Waals surface area contributed by atoms with Gasteiger partial charge in [-0.15, -0.1) is 0 Å². The molecule has 0 N–H and O–H groups in total. The van der Waals surface area contributed by atoms with E-state index in [1.54, 1.807) is 0 Å². The van der Waals surface area contributed by atoms with Gasteiger partial charge in [0.1, 0.15) is 12.2 Å². The first-order valence-electron chi connectivity index (χ1n) is 8.58. The Kier molecular flexibility index (Phi) is 3.29. The molecule has 4 fully saturated rings. The Hall–Kier alpha value is -0.433. The van der Waals surface area contributed by atoms with Crippen molar-refractivity contribution in [2.24, 2.45) is 0 Å². The molecule has 6 heteroatoms. The first-order valence-corrected chi connectivity index (χ1v) is 12.0. The molecule has 0 aromatic heterocycles. The summed E-state index contributed by atoms with van der Waals surface area (Å²) in [5.41, 5.74) is -0.792. The largest absolute Gasteiger partial charge is 0.457 e. The van der Waals surface area contributed by atoms with E-state index >= 15 is 0 Å². The van der Waals surface area contributed by atoms with Gasteiger partial charge >= 0.3 is 5.97 Å². The number of rotatable bonds is 2. The molecule has 2 bridgehead atoms. The van der Waals surface area contributed by atoms with Crippen LogP contribution in [0, 0.1) is 0 Å². The van der Waals surface area contributed by atoms with E-state index in [0.29, 0.717) is 12.8 Å². The molecule has 2 heterocycles. The van der Waals surface area contributed by atoms with Crippen molar-refractivity contribution < 1.29 is 23.4 Å². The van der Waals surface area contributed by atoms with Gasteiger partial charge in [-0.2, -0.15) is 0 Å². The molecule has 4 aliphatic rings. The summed E-state index contributed by atoms with van der Waals surface area (Å²) < 4.78 is 24.6. The van der Waals surface area contributed by atoms with Gasteiger partial charge in [-0.3, -0.25) is 0 Å². The Morgan fingerprint density at radius 1 is 1.05 bits per heavy atom. The average molecular weight is 326 g/mol. The summed E-state index contributed by atoms with van der Waals surface area (Å²) in [7, 11) is -1.84. The standard InChI is InChI=1S/C16H26O5Si/c1-22(2,3)21-15-9-11(18-14(15)17)13-12(10-15)19-16(20-13)7-5-4-6-8-16/h11-13H,4-10H2,1-3H3/t11-,12-,13+,15-/m1/s1. The van der Waals surface area contributed by atoms with Gasteiger partial charge in [-0.05, 0) is 32.5 Å². The third-order valence-corrected chi connectivity index (χ3v) is 6.26. The molecule has 2 saturated carbocycles. The van der Waals surface area contributed by atoms with E-state index in [4.69, 9.17) is 18.6 Å². The Morgan fingerprint density at radius 2 is 1.73 bits per heavy atom. The zero-order chi connectivity index (χ0) is 15.6. The third-order valence-electron chi connectivity index (χ3n) is 5.26. The number of esters is 1. The molecular weight excluding hydrogens is 300 g/mol. The maximum Gasteiger partial charge on any atom is 0.337 e. The molecular formula is C16H26O5Si. The maximum atomic E-state index is 12.4. The molecule has 5 nitrogen and oxygen atoms in total. The summed E-state index contributed by atoms with van der Waals surface area (Å²) in [5.74, 6) is -0.635. The fraction of sp³-hybridized carbons (Fsp3) is 0.938. The van der Waals surface area contributed by atoms with E-state index in [9.17, 15) is 4.79 Å². The van der Waals surface area contributed by atoms with Crippen LogP contribution < -0.4 is 0 Å². The zero-order valence-electron chi connectivity index (χ0n) is 13.7. The van der Waals surface area contributed by atoms with E-state index < -0.39 is 19.7 Å². The van der Waals surface area contributed by atoms with Gasteiger partial charge in [0.05, 0.1) is 6.10 Å². The highest BCUT2D eigenvalue weighted by atomic mass is 28.4. The average Bonchev–Trinajstić information content (AvgIpc) is 2.87. The van der Waals surface area contributed by atoms with Gasteiger partial charge in [0.15, 0.2) is 19.7 Å². The van der Waals surface area contributed by atoms with Gasteiger partial charge < -0.3 is 18.6 Å². The van der Waals surface area contributed by atoms with Crippen molar-refractivity contribution in [2.45, 2.75) is 94.3 Å². The second-order valence-corrected chi connectivity index (χ2v) is 12.7. The summed E-state index contributed by atoms with van der Waals surface area (Å²) in [6.07, 6.45) is 6.30.